The summed E-state index contributed by atoms with van der Waals surface area (Å²) in [6.45, 7) is 14.9. The van der Waals surface area contributed by atoms with Crippen LogP contribution in [0.3, 0.4) is 0 Å². The second-order valence-electron chi connectivity index (χ2n) is 8.11. The molecular weight excluding hydrogens is 325 g/mol. The number of sulfonamides is 1. The maximum Gasteiger partial charge on any atom is 0.491 e. The number of nitrogens with one attached hydrogen (secondary N) is 1. The van der Waals surface area contributed by atoms with Crippen LogP contribution in [0.15, 0.2) is 23.1 Å². The van der Waals surface area contributed by atoms with E-state index in [-0.39, 0.29) is 10.8 Å². The number of benzene rings is 1. The molecule has 0 saturated heterocycles. The zero-order valence-corrected chi connectivity index (χ0v) is 16.8. The normalized spacial score (nSPS) is 13.4. The predicted octanol–water partition coefficient (Wildman–Crippen LogP) is 2.21. The SMILES string of the molecule is Cc1ccc(B(O)OC(C)(C)C(C)C)cc1S(=O)(=O)NC(C)(C)C. The zero-order valence-electron chi connectivity index (χ0n) is 16.0. The first kappa shape index (κ1) is 21.2. The van der Waals surface area contributed by atoms with E-state index in [9.17, 15) is 13.4 Å². The minimum absolute atomic E-state index is 0.153. The van der Waals surface area contributed by atoms with Gasteiger partial charge >= 0.3 is 7.12 Å². The summed E-state index contributed by atoms with van der Waals surface area (Å²) in [5.74, 6) is 0.198. The highest BCUT2D eigenvalue weighted by Gasteiger charge is 2.31. The predicted molar refractivity (Wildman–Crippen MR) is 98.9 cm³/mol. The molecule has 0 heterocycles. The maximum absolute atomic E-state index is 12.6. The minimum atomic E-state index is -3.68. The van der Waals surface area contributed by atoms with Crippen LogP contribution < -0.4 is 10.2 Å². The van der Waals surface area contributed by atoms with Crippen molar-refractivity contribution in [1.29, 1.82) is 0 Å². The third kappa shape index (κ3) is 5.58. The molecule has 0 saturated carbocycles. The highest BCUT2D eigenvalue weighted by atomic mass is 32.2. The Bertz CT molecular complexity index is 678. The van der Waals surface area contributed by atoms with Crippen molar-refractivity contribution in [3.63, 3.8) is 0 Å². The average molecular weight is 355 g/mol. The van der Waals surface area contributed by atoms with Crippen LogP contribution in [0.2, 0.25) is 0 Å². The van der Waals surface area contributed by atoms with E-state index >= 15 is 0 Å². The molecule has 0 fully saturated rings. The van der Waals surface area contributed by atoms with Gasteiger partial charge in [-0.2, -0.15) is 0 Å². The molecule has 1 aromatic rings. The lowest BCUT2D eigenvalue weighted by Gasteiger charge is -2.31. The van der Waals surface area contributed by atoms with Crippen molar-refractivity contribution in [3.8, 4) is 0 Å². The van der Waals surface area contributed by atoms with Crippen LogP contribution in [-0.4, -0.2) is 31.7 Å². The lowest BCUT2D eigenvalue weighted by Crippen LogP contribution is -2.45. The Kier molecular flexibility index (Phi) is 6.31. The molecule has 1 rings (SSSR count). The topological polar surface area (TPSA) is 75.6 Å². The number of aryl methyl sites for hydroxylation is 1. The van der Waals surface area contributed by atoms with Gasteiger partial charge in [-0.25, -0.2) is 13.1 Å². The standard InChI is InChI=1S/C17H30BNO4S/c1-12(2)17(7,8)23-18(20)14-10-9-13(3)15(11-14)24(21,22)19-16(4,5)6/h9-12,19-20H,1-8H3. The molecule has 1 aromatic carbocycles. The molecule has 0 radical (unpaired) electrons. The van der Waals surface area contributed by atoms with Gasteiger partial charge in [-0.3, -0.25) is 0 Å². The molecule has 0 spiro atoms. The number of hydrogen-bond acceptors (Lipinski definition) is 4. The summed E-state index contributed by atoms with van der Waals surface area (Å²) in [4.78, 5) is 0.153. The quantitative estimate of drug-likeness (QED) is 0.768. The Hall–Kier alpha value is -0.885. The Morgan fingerprint density at radius 2 is 1.71 bits per heavy atom. The Morgan fingerprint density at radius 1 is 1.17 bits per heavy atom. The fourth-order valence-electron chi connectivity index (χ4n) is 2.01. The van der Waals surface area contributed by atoms with E-state index in [1.807, 2.05) is 27.7 Å². The van der Waals surface area contributed by atoms with E-state index in [2.05, 4.69) is 4.72 Å². The summed E-state index contributed by atoms with van der Waals surface area (Å²) < 4.78 is 33.6. The van der Waals surface area contributed by atoms with Gasteiger partial charge in [0.25, 0.3) is 0 Å². The molecule has 7 heteroatoms. The van der Waals surface area contributed by atoms with Crippen molar-refractivity contribution < 1.29 is 18.1 Å². The van der Waals surface area contributed by atoms with Gasteiger partial charge in [0.15, 0.2) is 0 Å². The summed E-state index contributed by atoms with van der Waals surface area (Å²) in [6, 6.07) is 4.85. The number of rotatable bonds is 6. The smallest absolute Gasteiger partial charge is 0.423 e. The third-order valence-corrected chi connectivity index (χ3v) is 5.93. The van der Waals surface area contributed by atoms with Crippen LogP contribution in [0.25, 0.3) is 0 Å². The highest BCUT2D eigenvalue weighted by molar-refractivity contribution is 7.89. The van der Waals surface area contributed by atoms with Crippen LogP contribution in [0.5, 0.6) is 0 Å². The first-order valence-corrected chi connectivity index (χ1v) is 9.64. The van der Waals surface area contributed by atoms with Crippen molar-refractivity contribution in [2.45, 2.75) is 71.4 Å². The molecule has 0 bridgehead atoms. The maximum atomic E-state index is 12.6. The van der Waals surface area contributed by atoms with Gasteiger partial charge in [0.2, 0.25) is 10.0 Å². The molecule has 0 aliphatic heterocycles. The molecule has 0 aromatic heterocycles. The first-order chi connectivity index (χ1) is 10.7. The first-order valence-electron chi connectivity index (χ1n) is 8.16. The van der Waals surface area contributed by atoms with Gasteiger partial charge in [-0.15, -0.1) is 0 Å². The summed E-state index contributed by atoms with van der Waals surface area (Å²) in [5, 5.41) is 10.4. The summed E-state index contributed by atoms with van der Waals surface area (Å²) in [6.07, 6.45) is 0. The summed E-state index contributed by atoms with van der Waals surface area (Å²) >= 11 is 0. The van der Waals surface area contributed by atoms with E-state index in [0.29, 0.717) is 11.0 Å². The van der Waals surface area contributed by atoms with Crippen molar-refractivity contribution in [1.82, 2.24) is 4.72 Å². The van der Waals surface area contributed by atoms with Gasteiger partial charge in [0.1, 0.15) is 0 Å². The minimum Gasteiger partial charge on any atom is -0.423 e. The Labute approximate surface area is 147 Å². The largest absolute Gasteiger partial charge is 0.491 e. The Balaban J connectivity index is 3.19. The second kappa shape index (κ2) is 7.16. The molecule has 0 atom stereocenters. The lowest BCUT2D eigenvalue weighted by atomic mass is 9.77. The molecule has 0 amide bonds. The molecule has 5 nitrogen and oxygen atoms in total. The fraction of sp³-hybridized carbons (Fsp3) is 0.647. The van der Waals surface area contributed by atoms with E-state index in [4.69, 9.17) is 4.65 Å². The molecule has 2 N–H and O–H groups in total. The number of hydrogen-bond donors (Lipinski definition) is 2. The van der Waals surface area contributed by atoms with Gasteiger partial charge < -0.3 is 9.68 Å². The summed E-state index contributed by atoms with van der Waals surface area (Å²) in [7, 11) is -4.87. The molecule has 24 heavy (non-hydrogen) atoms. The van der Waals surface area contributed by atoms with Crippen LogP contribution in [0, 0.1) is 12.8 Å². The molecule has 0 aliphatic carbocycles. The van der Waals surface area contributed by atoms with Crippen LogP contribution >= 0.6 is 0 Å². The Morgan fingerprint density at radius 3 is 2.17 bits per heavy atom. The molecular formula is C17H30BNO4S. The van der Waals surface area contributed by atoms with Gasteiger partial charge in [-0.05, 0) is 64.6 Å². The van der Waals surface area contributed by atoms with Crippen molar-refractivity contribution in [2.75, 3.05) is 0 Å². The highest BCUT2D eigenvalue weighted by Crippen LogP contribution is 2.21. The average Bonchev–Trinajstić information content (AvgIpc) is 2.35. The van der Waals surface area contributed by atoms with Crippen LogP contribution in [0.4, 0.5) is 0 Å². The van der Waals surface area contributed by atoms with E-state index < -0.39 is 28.3 Å². The van der Waals surface area contributed by atoms with Gasteiger partial charge in [0.05, 0.1) is 10.5 Å². The third-order valence-electron chi connectivity index (χ3n) is 4.03. The van der Waals surface area contributed by atoms with Gasteiger partial charge in [-0.1, -0.05) is 26.0 Å². The van der Waals surface area contributed by atoms with Crippen molar-refractivity contribution in [2.24, 2.45) is 5.92 Å². The summed E-state index contributed by atoms with van der Waals surface area (Å²) in [5.41, 5.74) is -0.0855. The van der Waals surface area contributed by atoms with E-state index in [0.717, 1.165) is 0 Å². The monoisotopic (exact) mass is 355 g/mol. The van der Waals surface area contributed by atoms with E-state index in [1.165, 1.54) is 6.07 Å². The lowest BCUT2D eigenvalue weighted by molar-refractivity contribution is 0.0423. The van der Waals surface area contributed by atoms with Crippen LogP contribution in [-0.2, 0) is 14.7 Å². The zero-order chi connectivity index (χ0) is 18.9. The fourth-order valence-corrected chi connectivity index (χ4v) is 3.71. The van der Waals surface area contributed by atoms with Crippen molar-refractivity contribution >= 4 is 22.6 Å². The second-order valence-corrected chi connectivity index (χ2v) is 9.76. The van der Waals surface area contributed by atoms with Crippen molar-refractivity contribution in [3.05, 3.63) is 23.8 Å². The van der Waals surface area contributed by atoms with Crippen LogP contribution in [0.1, 0.15) is 54.0 Å². The van der Waals surface area contributed by atoms with E-state index in [1.54, 1.807) is 39.8 Å². The molecule has 0 aliphatic rings. The molecule has 0 unspecified atom stereocenters. The molecule has 136 valence electrons. The van der Waals surface area contributed by atoms with Gasteiger partial charge in [0, 0.05) is 5.54 Å².